The molecule has 0 aliphatic heterocycles. The second kappa shape index (κ2) is 4.58. The number of carbonyl (C=O) groups excluding carboxylic acids is 2. The van der Waals surface area contributed by atoms with Gasteiger partial charge >= 0.3 is 0 Å². The standard InChI is InChI=1S/C18H10BrNO2/c19-18(14-9-10-20-15-8-4-3-7-13(14)15)16(21)11-5-1-2-6-12(11)17(18)22/h1-10H. The van der Waals surface area contributed by atoms with E-state index in [1.54, 1.807) is 36.5 Å². The third kappa shape index (κ3) is 1.58. The third-order valence-electron chi connectivity index (χ3n) is 4.06. The van der Waals surface area contributed by atoms with Gasteiger partial charge in [0, 0.05) is 22.7 Å². The van der Waals surface area contributed by atoms with Crippen LogP contribution in [0.5, 0.6) is 0 Å². The van der Waals surface area contributed by atoms with Gasteiger partial charge in [-0.25, -0.2) is 0 Å². The Morgan fingerprint density at radius 1 is 0.818 bits per heavy atom. The molecule has 0 saturated carbocycles. The summed E-state index contributed by atoms with van der Waals surface area (Å²) in [6.45, 7) is 0. The van der Waals surface area contributed by atoms with Crippen molar-refractivity contribution in [3.05, 3.63) is 77.5 Å². The van der Waals surface area contributed by atoms with Crippen LogP contribution >= 0.6 is 15.9 Å². The van der Waals surface area contributed by atoms with Crippen LogP contribution in [0, 0.1) is 0 Å². The van der Waals surface area contributed by atoms with Crippen molar-refractivity contribution in [1.82, 2.24) is 4.98 Å². The molecule has 0 fully saturated rings. The number of hydrogen-bond acceptors (Lipinski definition) is 3. The number of alkyl halides is 1. The average molecular weight is 352 g/mol. The fraction of sp³-hybridized carbons (Fsp3) is 0.0556. The van der Waals surface area contributed by atoms with Gasteiger partial charge in [-0.2, -0.15) is 0 Å². The fourth-order valence-electron chi connectivity index (χ4n) is 2.99. The molecular formula is C18H10BrNO2. The number of rotatable bonds is 1. The van der Waals surface area contributed by atoms with E-state index in [0.717, 1.165) is 10.9 Å². The number of pyridine rings is 1. The van der Waals surface area contributed by atoms with Gasteiger partial charge in [0.15, 0.2) is 15.9 Å². The normalized spacial score (nSPS) is 16.0. The first-order valence-electron chi connectivity index (χ1n) is 6.86. The number of aromatic nitrogens is 1. The molecule has 2 aromatic carbocycles. The molecule has 3 nitrogen and oxygen atoms in total. The molecule has 0 N–H and O–H groups in total. The van der Waals surface area contributed by atoms with Gasteiger partial charge < -0.3 is 0 Å². The number of hydrogen-bond donors (Lipinski definition) is 0. The number of benzene rings is 2. The Labute approximate surface area is 135 Å². The van der Waals surface area contributed by atoms with Crippen LogP contribution < -0.4 is 0 Å². The van der Waals surface area contributed by atoms with E-state index >= 15 is 0 Å². The Kier molecular flexibility index (Phi) is 2.78. The summed E-state index contributed by atoms with van der Waals surface area (Å²) in [6.07, 6.45) is 1.63. The Morgan fingerprint density at radius 2 is 1.41 bits per heavy atom. The summed E-state index contributed by atoms with van der Waals surface area (Å²) in [5.74, 6) is -0.436. The molecule has 0 bridgehead atoms. The predicted molar refractivity (Wildman–Crippen MR) is 87.5 cm³/mol. The number of nitrogens with zero attached hydrogens (tertiary/aromatic N) is 1. The summed E-state index contributed by atoms with van der Waals surface area (Å²) in [6, 6.07) is 16.2. The van der Waals surface area contributed by atoms with Gasteiger partial charge in [-0.1, -0.05) is 58.4 Å². The van der Waals surface area contributed by atoms with Crippen molar-refractivity contribution in [3.63, 3.8) is 0 Å². The number of carbonyl (C=O) groups is 2. The van der Waals surface area contributed by atoms with Gasteiger partial charge in [0.2, 0.25) is 0 Å². The molecule has 3 aromatic rings. The molecular weight excluding hydrogens is 342 g/mol. The van der Waals surface area contributed by atoms with Gasteiger partial charge in [0.25, 0.3) is 0 Å². The van der Waals surface area contributed by atoms with Crippen LogP contribution in [-0.2, 0) is 4.32 Å². The van der Waals surface area contributed by atoms with Crippen molar-refractivity contribution < 1.29 is 9.59 Å². The highest BCUT2D eigenvalue weighted by atomic mass is 79.9. The van der Waals surface area contributed by atoms with Gasteiger partial charge in [-0.3, -0.25) is 14.6 Å². The molecule has 0 saturated heterocycles. The highest BCUT2D eigenvalue weighted by molar-refractivity contribution is 9.10. The molecule has 1 heterocycles. The minimum atomic E-state index is -1.36. The van der Waals surface area contributed by atoms with Gasteiger partial charge in [-0.05, 0) is 17.7 Å². The lowest BCUT2D eigenvalue weighted by Gasteiger charge is -2.20. The van der Waals surface area contributed by atoms with E-state index in [2.05, 4.69) is 20.9 Å². The molecule has 4 rings (SSSR count). The van der Waals surface area contributed by atoms with Gasteiger partial charge in [-0.15, -0.1) is 0 Å². The van der Waals surface area contributed by atoms with Crippen molar-refractivity contribution in [2.75, 3.05) is 0 Å². The molecule has 4 heteroatoms. The van der Waals surface area contributed by atoms with Crippen LogP contribution in [0.1, 0.15) is 26.3 Å². The van der Waals surface area contributed by atoms with Crippen LogP contribution in [0.2, 0.25) is 0 Å². The molecule has 1 aliphatic rings. The maximum Gasteiger partial charge on any atom is 0.192 e. The summed E-state index contributed by atoms with van der Waals surface area (Å²) in [4.78, 5) is 30.1. The van der Waals surface area contributed by atoms with E-state index < -0.39 is 4.32 Å². The number of fused-ring (bicyclic) bond motifs is 2. The molecule has 0 unspecified atom stereocenters. The van der Waals surface area contributed by atoms with E-state index in [9.17, 15) is 9.59 Å². The van der Waals surface area contributed by atoms with Crippen LogP contribution in [-0.4, -0.2) is 16.6 Å². The second-order valence-corrected chi connectivity index (χ2v) is 6.43. The van der Waals surface area contributed by atoms with E-state index in [0.29, 0.717) is 16.7 Å². The molecule has 22 heavy (non-hydrogen) atoms. The lowest BCUT2D eigenvalue weighted by Crippen LogP contribution is -2.31. The second-order valence-electron chi connectivity index (χ2n) is 5.24. The van der Waals surface area contributed by atoms with Crippen LogP contribution in [0.15, 0.2) is 60.8 Å². The topological polar surface area (TPSA) is 47.0 Å². The first-order chi connectivity index (χ1) is 10.6. The number of para-hydroxylation sites is 1. The van der Waals surface area contributed by atoms with E-state index in [1.165, 1.54) is 0 Å². The largest absolute Gasteiger partial charge is 0.292 e. The van der Waals surface area contributed by atoms with Crippen molar-refractivity contribution in [3.8, 4) is 0 Å². The number of Topliss-reactive ketones (excluding diaryl/α,β-unsaturated/α-hetero) is 2. The smallest absolute Gasteiger partial charge is 0.192 e. The Bertz CT molecular complexity index is 908. The summed E-state index contributed by atoms with van der Waals surface area (Å²) in [7, 11) is 0. The zero-order valence-corrected chi connectivity index (χ0v) is 13.0. The predicted octanol–water partition coefficient (Wildman–Crippen LogP) is 3.90. The maximum atomic E-state index is 12.9. The zero-order valence-electron chi connectivity index (χ0n) is 11.4. The highest BCUT2D eigenvalue weighted by Gasteiger charge is 2.53. The Morgan fingerprint density at radius 3 is 2.09 bits per heavy atom. The summed E-state index contributed by atoms with van der Waals surface area (Å²) < 4.78 is -1.36. The lowest BCUT2D eigenvalue weighted by molar-refractivity contribution is 0.0872. The van der Waals surface area contributed by atoms with Crippen molar-refractivity contribution in [1.29, 1.82) is 0 Å². The Hall–Kier alpha value is -2.33. The quantitative estimate of drug-likeness (QED) is 0.493. The molecule has 0 radical (unpaired) electrons. The van der Waals surface area contributed by atoms with E-state index in [-0.39, 0.29) is 11.6 Å². The van der Waals surface area contributed by atoms with Crippen molar-refractivity contribution >= 4 is 38.4 Å². The van der Waals surface area contributed by atoms with E-state index in [1.807, 2.05) is 24.3 Å². The summed E-state index contributed by atoms with van der Waals surface area (Å²) in [5, 5.41) is 0.802. The minimum absolute atomic E-state index is 0.218. The Balaban J connectivity index is 2.03. The molecule has 0 spiro atoms. The monoisotopic (exact) mass is 351 g/mol. The molecule has 1 aliphatic carbocycles. The van der Waals surface area contributed by atoms with Crippen molar-refractivity contribution in [2.24, 2.45) is 0 Å². The van der Waals surface area contributed by atoms with Crippen molar-refractivity contribution in [2.45, 2.75) is 4.32 Å². The lowest BCUT2D eigenvalue weighted by atomic mass is 9.91. The first-order valence-corrected chi connectivity index (χ1v) is 7.65. The summed E-state index contributed by atoms with van der Waals surface area (Å²) >= 11 is 3.46. The third-order valence-corrected chi connectivity index (χ3v) is 5.21. The highest BCUT2D eigenvalue weighted by Crippen LogP contribution is 2.46. The molecule has 106 valence electrons. The molecule has 1 aromatic heterocycles. The van der Waals surface area contributed by atoms with Crippen LogP contribution in [0.25, 0.3) is 10.9 Å². The molecule has 0 amide bonds. The van der Waals surface area contributed by atoms with E-state index in [4.69, 9.17) is 0 Å². The van der Waals surface area contributed by atoms with Gasteiger partial charge in [0.05, 0.1) is 5.52 Å². The van der Waals surface area contributed by atoms with Crippen LogP contribution in [0.3, 0.4) is 0 Å². The fourth-order valence-corrected chi connectivity index (χ4v) is 3.77. The van der Waals surface area contributed by atoms with Crippen LogP contribution in [0.4, 0.5) is 0 Å². The summed E-state index contributed by atoms with van der Waals surface area (Å²) in [5.41, 5.74) is 2.33. The number of ketones is 2. The first kappa shape index (κ1) is 13.3. The SMILES string of the molecule is O=C1c2ccccc2C(=O)C1(Br)c1ccnc2ccccc12. The average Bonchev–Trinajstić information content (AvgIpc) is 2.77. The molecule has 0 atom stereocenters. The minimum Gasteiger partial charge on any atom is -0.292 e. The maximum absolute atomic E-state index is 12.9. The zero-order chi connectivity index (χ0) is 15.3. The van der Waals surface area contributed by atoms with Gasteiger partial charge in [0.1, 0.15) is 0 Å². The number of halogens is 1.